The molecule has 1 aliphatic rings. The van der Waals surface area contributed by atoms with Crippen molar-refractivity contribution in [2.24, 2.45) is 0 Å². The lowest BCUT2D eigenvalue weighted by atomic mass is 9.98. The standard InChI is InChI=1S/C19H23BrN2O/c1-14(15-6-3-2-4-7-15)22-11-10-19(23)18(13-22)21-17-9-5-8-16(20)12-17/h2-9,12,14,18-19,21,23H,10-11,13H2,1H3/t14?,18-,19-/m1/s1. The Morgan fingerprint density at radius 2 is 1.96 bits per heavy atom. The monoisotopic (exact) mass is 374 g/mol. The molecule has 3 nitrogen and oxygen atoms in total. The normalized spacial score (nSPS) is 23.4. The summed E-state index contributed by atoms with van der Waals surface area (Å²) in [5.74, 6) is 0. The van der Waals surface area contributed by atoms with Crippen molar-refractivity contribution in [2.45, 2.75) is 31.5 Å². The topological polar surface area (TPSA) is 35.5 Å². The van der Waals surface area contributed by atoms with E-state index in [1.54, 1.807) is 0 Å². The van der Waals surface area contributed by atoms with Gasteiger partial charge < -0.3 is 10.4 Å². The van der Waals surface area contributed by atoms with Crippen molar-refractivity contribution in [3.05, 3.63) is 64.6 Å². The van der Waals surface area contributed by atoms with Crippen LogP contribution in [0, 0.1) is 0 Å². The average molecular weight is 375 g/mol. The highest BCUT2D eigenvalue weighted by molar-refractivity contribution is 9.10. The highest BCUT2D eigenvalue weighted by atomic mass is 79.9. The molecule has 1 fully saturated rings. The fourth-order valence-electron chi connectivity index (χ4n) is 3.19. The molecule has 2 aromatic carbocycles. The third kappa shape index (κ3) is 4.14. The minimum atomic E-state index is -0.312. The van der Waals surface area contributed by atoms with Crippen LogP contribution in [0.15, 0.2) is 59.1 Å². The number of nitrogens with zero attached hydrogens (tertiary/aromatic N) is 1. The number of aliphatic hydroxyl groups is 1. The molecule has 0 bridgehead atoms. The van der Waals surface area contributed by atoms with Crippen LogP contribution in [-0.2, 0) is 0 Å². The van der Waals surface area contributed by atoms with Crippen LogP contribution in [-0.4, -0.2) is 35.2 Å². The number of piperidine rings is 1. The third-order valence-electron chi connectivity index (χ3n) is 4.61. The van der Waals surface area contributed by atoms with Gasteiger partial charge in [-0.15, -0.1) is 0 Å². The van der Waals surface area contributed by atoms with Gasteiger partial charge in [0.05, 0.1) is 12.1 Å². The molecule has 122 valence electrons. The Balaban J connectivity index is 1.69. The highest BCUT2D eigenvalue weighted by Crippen LogP contribution is 2.26. The van der Waals surface area contributed by atoms with Crippen LogP contribution in [0.2, 0.25) is 0 Å². The molecule has 1 aliphatic heterocycles. The Bertz CT molecular complexity index is 634. The first kappa shape index (κ1) is 16.5. The first-order valence-corrected chi connectivity index (χ1v) is 8.92. The number of benzene rings is 2. The van der Waals surface area contributed by atoms with Gasteiger partial charge in [0.1, 0.15) is 0 Å². The summed E-state index contributed by atoms with van der Waals surface area (Å²) in [6, 6.07) is 19.1. The number of likely N-dealkylation sites (tertiary alicyclic amines) is 1. The number of rotatable bonds is 4. The first-order chi connectivity index (χ1) is 11.1. The van der Waals surface area contributed by atoms with Gasteiger partial charge in [0.15, 0.2) is 0 Å². The van der Waals surface area contributed by atoms with Crippen LogP contribution in [0.5, 0.6) is 0 Å². The van der Waals surface area contributed by atoms with Gasteiger partial charge in [-0.3, -0.25) is 4.90 Å². The Morgan fingerprint density at radius 3 is 2.70 bits per heavy atom. The summed E-state index contributed by atoms with van der Waals surface area (Å²) in [5, 5.41) is 13.9. The van der Waals surface area contributed by atoms with Crippen LogP contribution in [0.4, 0.5) is 5.69 Å². The zero-order valence-corrected chi connectivity index (χ0v) is 14.9. The molecule has 1 heterocycles. The molecule has 1 unspecified atom stereocenters. The second kappa shape index (κ2) is 7.47. The van der Waals surface area contributed by atoms with Gasteiger partial charge >= 0.3 is 0 Å². The summed E-state index contributed by atoms with van der Waals surface area (Å²) < 4.78 is 1.04. The van der Waals surface area contributed by atoms with E-state index in [0.717, 1.165) is 29.7 Å². The van der Waals surface area contributed by atoms with E-state index in [0.29, 0.717) is 6.04 Å². The molecule has 2 aromatic rings. The molecule has 0 amide bonds. The Kier molecular flexibility index (Phi) is 5.36. The second-order valence-corrected chi connectivity index (χ2v) is 7.11. The van der Waals surface area contributed by atoms with E-state index < -0.39 is 0 Å². The van der Waals surface area contributed by atoms with Crippen molar-refractivity contribution in [3.63, 3.8) is 0 Å². The Morgan fingerprint density at radius 1 is 1.17 bits per heavy atom. The number of hydrogen-bond donors (Lipinski definition) is 2. The summed E-state index contributed by atoms with van der Waals surface area (Å²) in [6.45, 7) is 4.00. The number of anilines is 1. The molecule has 0 radical (unpaired) electrons. The van der Waals surface area contributed by atoms with Crippen molar-refractivity contribution in [1.29, 1.82) is 0 Å². The van der Waals surface area contributed by atoms with Gasteiger partial charge in [-0.1, -0.05) is 52.3 Å². The van der Waals surface area contributed by atoms with E-state index in [4.69, 9.17) is 0 Å². The van der Waals surface area contributed by atoms with E-state index in [1.165, 1.54) is 5.56 Å². The van der Waals surface area contributed by atoms with Crippen LogP contribution < -0.4 is 5.32 Å². The minimum absolute atomic E-state index is 0.0456. The lowest BCUT2D eigenvalue weighted by Crippen LogP contribution is -2.50. The number of nitrogens with one attached hydrogen (secondary N) is 1. The molecule has 0 aromatic heterocycles. The van der Waals surface area contributed by atoms with Crippen molar-refractivity contribution >= 4 is 21.6 Å². The predicted octanol–water partition coefficient (Wildman–Crippen LogP) is 4.06. The van der Waals surface area contributed by atoms with Crippen LogP contribution in [0.3, 0.4) is 0 Å². The van der Waals surface area contributed by atoms with Crippen molar-refractivity contribution < 1.29 is 5.11 Å². The number of hydrogen-bond acceptors (Lipinski definition) is 3. The molecule has 1 saturated heterocycles. The SMILES string of the molecule is CC(c1ccccc1)N1CC[C@@H](O)[C@H](Nc2cccc(Br)c2)C1. The quantitative estimate of drug-likeness (QED) is 0.846. The first-order valence-electron chi connectivity index (χ1n) is 8.12. The van der Waals surface area contributed by atoms with Crippen LogP contribution in [0.1, 0.15) is 24.9 Å². The van der Waals surface area contributed by atoms with Crippen molar-refractivity contribution in [3.8, 4) is 0 Å². The lowest BCUT2D eigenvalue weighted by Gasteiger charge is -2.40. The molecular formula is C19H23BrN2O. The fourth-order valence-corrected chi connectivity index (χ4v) is 3.59. The van der Waals surface area contributed by atoms with Crippen molar-refractivity contribution in [1.82, 2.24) is 4.90 Å². The smallest absolute Gasteiger partial charge is 0.0765 e. The van der Waals surface area contributed by atoms with Gasteiger partial charge in [-0.05, 0) is 37.1 Å². The maximum absolute atomic E-state index is 10.4. The molecule has 0 aliphatic carbocycles. The van der Waals surface area contributed by atoms with Gasteiger partial charge in [0, 0.05) is 29.3 Å². The Hall–Kier alpha value is -1.36. The maximum Gasteiger partial charge on any atom is 0.0765 e. The summed E-state index contributed by atoms with van der Waals surface area (Å²) in [6.07, 6.45) is 0.483. The largest absolute Gasteiger partial charge is 0.391 e. The second-order valence-electron chi connectivity index (χ2n) is 6.20. The van der Waals surface area contributed by atoms with E-state index in [1.807, 2.05) is 30.3 Å². The molecule has 4 heteroatoms. The number of halogens is 1. The van der Waals surface area contributed by atoms with E-state index >= 15 is 0 Å². The van der Waals surface area contributed by atoms with Gasteiger partial charge in [-0.2, -0.15) is 0 Å². The van der Waals surface area contributed by atoms with Gasteiger partial charge in [0.25, 0.3) is 0 Å². The summed E-state index contributed by atoms with van der Waals surface area (Å²) >= 11 is 3.49. The molecule has 0 saturated carbocycles. The minimum Gasteiger partial charge on any atom is -0.391 e. The molecule has 23 heavy (non-hydrogen) atoms. The maximum atomic E-state index is 10.4. The lowest BCUT2D eigenvalue weighted by molar-refractivity contribution is 0.0527. The highest BCUT2D eigenvalue weighted by Gasteiger charge is 2.30. The zero-order valence-electron chi connectivity index (χ0n) is 13.3. The predicted molar refractivity (Wildman–Crippen MR) is 98.6 cm³/mol. The van der Waals surface area contributed by atoms with E-state index in [2.05, 4.69) is 57.3 Å². The van der Waals surface area contributed by atoms with Crippen molar-refractivity contribution in [2.75, 3.05) is 18.4 Å². The molecular weight excluding hydrogens is 352 g/mol. The molecule has 3 rings (SSSR count). The summed E-state index contributed by atoms with van der Waals surface area (Å²) in [5.41, 5.74) is 2.36. The Labute approximate surface area is 146 Å². The summed E-state index contributed by atoms with van der Waals surface area (Å²) in [7, 11) is 0. The number of aliphatic hydroxyl groups excluding tert-OH is 1. The third-order valence-corrected chi connectivity index (χ3v) is 5.11. The van der Waals surface area contributed by atoms with E-state index in [-0.39, 0.29) is 12.1 Å². The fraction of sp³-hybridized carbons (Fsp3) is 0.368. The van der Waals surface area contributed by atoms with Gasteiger partial charge in [-0.25, -0.2) is 0 Å². The van der Waals surface area contributed by atoms with Crippen LogP contribution >= 0.6 is 15.9 Å². The summed E-state index contributed by atoms with van der Waals surface area (Å²) in [4.78, 5) is 2.44. The molecule has 3 atom stereocenters. The average Bonchev–Trinajstić information content (AvgIpc) is 2.57. The zero-order chi connectivity index (χ0) is 16.2. The van der Waals surface area contributed by atoms with E-state index in [9.17, 15) is 5.11 Å². The molecule has 0 spiro atoms. The molecule has 2 N–H and O–H groups in total. The van der Waals surface area contributed by atoms with Crippen LogP contribution in [0.25, 0.3) is 0 Å². The van der Waals surface area contributed by atoms with Gasteiger partial charge in [0.2, 0.25) is 0 Å².